The normalized spacial score (nSPS) is 24.5. The summed E-state index contributed by atoms with van der Waals surface area (Å²) < 4.78 is 32.6. The highest BCUT2D eigenvalue weighted by Gasteiger charge is 2.32. The predicted octanol–water partition coefficient (Wildman–Crippen LogP) is 3.92. The van der Waals surface area contributed by atoms with Gasteiger partial charge >= 0.3 is 0 Å². The van der Waals surface area contributed by atoms with Gasteiger partial charge in [0.05, 0.1) is 6.04 Å². The monoisotopic (exact) mass is 289 g/mol. The van der Waals surface area contributed by atoms with Crippen LogP contribution in [0.2, 0.25) is 0 Å². The number of halogens is 2. The summed E-state index contributed by atoms with van der Waals surface area (Å²) in [6.07, 6.45) is 0.305. The molecule has 0 aromatic heterocycles. The van der Waals surface area contributed by atoms with Crippen molar-refractivity contribution >= 4 is 0 Å². The Bertz CT molecular complexity index is 659. The first kappa shape index (κ1) is 14.0. The zero-order chi connectivity index (χ0) is 15.0. The SMILES string of the molecule is CC1CC(Oc2cc(F)ccc2F)C(N)c2ccccc21. The summed E-state index contributed by atoms with van der Waals surface area (Å²) in [6, 6.07) is 10.8. The fourth-order valence-corrected chi connectivity index (χ4v) is 2.94. The molecule has 1 aliphatic rings. The van der Waals surface area contributed by atoms with Crippen LogP contribution in [-0.4, -0.2) is 6.10 Å². The Labute approximate surface area is 122 Å². The first-order valence-corrected chi connectivity index (χ1v) is 7.02. The Morgan fingerprint density at radius 1 is 1.10 bits per heavy atom. The molecule has 3 rings (SSSR count). The molecule has 2 N–H and O–H groups in total. The van der Waals surface area contributed by atoms with E-state index < -0.39 is 11.6 Å². The van der Waals surface area contributed by atoms with Gasteiger partial charge in [-0.3, -0.25) is 0 Å². The molecule has 3 atom stereocenters. The molecule has 1 aliphatic carbocycles. The van der Waals surface area contributed by atoms with E-state index in [9.17, 15) is 8.78 Å². The fraction of sp³-hybridized carbons (Fsp3) is 0.294. The van der Waals surface area contributed by atoms with Crippen LogP contribution in [0, 0.1) is 11.6 Å². The van der Waals surface area contributed by atoms with Crippen molar-refractivity contribution in [2.45, 2.75) is 31.4 Å². The molecule has 0 bridgehead atoms. The minimum absolute atomic E-state index is 0.0815. The van der Waals surface area contributed by atoms with Gasteiger partial charge in [-0.15, -0.1) is 0 Å². The summed E-state index contributed by atoms with van der Waals surface area (Å²) in [6.45, 7) is 2.09. The van der Waals surface area contributed by atoms with Crippen molar-refractivity contribution in [3.8, 4) is 5.75 Å². The van der Waals surface area contributed by atoms with Crippen molar-refractivity contribution in [2.75, 3.05) is 0 Å². The lowest BCUT2D eigenvalue weighted by Gasteiger charge is -2.35. The first-order valence-electron chi connectivity index (χ1n) is 7.02. The lowest BCUT2D eigenvalue weighted by Crippen LogP contribution is -2.37. The zero-order valence-electron chi connectivity index (χ0n) is 11.7. The molecule has 0 radical (unpaired) electrons. The van der Waals surface area contributed by atoms with Gasteiger partial charge < -0.3 is 10.5 Å². The quantitative estimate of drug-likeness (QED) is 0.909. The molecule has 21 heavy (non-hydrogen) atoms. The van der Waals surface area contributed by atoms with E-state index in [1.807, 2.05) is 18.2 Å². The summed E-state index contributed by atoms with van der Waals surface area (Å²) in [5, 5.41) is 0. The molecule has 2 nitrogen and oxygen atoms in total. The van der Waals surface area contributed by atoms with Crippen LogP contribution in [0.1, 0.15) is 36.4 Å². The summed E-state index contributed by atoms with van der Waals surface area (Å²) in [5.74, 6) is -0.913. The Balaban J connectivity index is 1.89. The smallest absolute Gasteiger partial charge is 0.165 e. The highest BCUT2D eigenvalue weighted by atomic mass is 19.1. The maximum absolute atomic E-state index is 13.7. The molecule has 2 aromatic rings. The topological polar surface area (TPSA) is 35.2 Å². The number of rotatable bonds is 2. The number of nitrogens with two attached hydrogens (primary N) is 1. The van der Waals surface area contributed by atoms with Crippen LogP contribution < -0.4 is 10.5 Å². The largest absolute Gasteiger partial charge is 0.485 e. The maximum Gasteiger partial charge on any atom is 0.165 e. The zero-order valence-corrected chi connectivity index (χ0v) is 11.7. The first-order chi connectivity index (χ1) is 10.1. The molecule has 0 saturated heterocycles. The van der Waals surface area contributed by atoms with Gasteiger partial charge in [-0.05, 0) is 35.6 Å². The van der Waals surface area contributed by atoms with E-state index in [1.165, 1.54) is 5.56 Å². The third-order valence-electron chi connectivity index (χ3n) is 4.04. The summed E-state index contributed by atoms with van der Waals surface area (Å²) in [5.41, 5.74) is 8.46. The Hall–Kier alpha value is -1.94. The minimum Gasteiger partial charge on any atom is -0.485 e. The van der Waals surface area contributed by atoms with E-state index in [4.69, 9.17) is 10.5 Å². The van der Waals surface area contributed by atoms with Crippen LogP contribution in [0.4, 0.5) is 8.78 Å². The number of hydrogen-bond acceptors (Lipinski definition) is 2. The predicted molar refractivity (Wildman–Crippen MR) is 77.2 cm³/mol. The molecule has 2 aromatic carbocycles. The van der Waals surface area contributed by atoms with Gasteiger partial charge in [0.1, 0.15) is 11.9 Å². The van der Waals surface area contributed by atoms with Crippen molar-refractivity contribution in [3.05, 3.63) is 65.2 Å². The molecule has 3 unspecified atom stereocenters. The number of benzene rings is 2. The molecule has 110 valence electrons. The third kappa shape index (κ3) is 2.63. The minimum atomic E-state index is -0.574. The number of hydrogen-bond donors (Lipinski definition) is 1. The highest BCUT2D eigenvalue weighted by molar-refractivity contribution is 5.36. The standard InChI is InChI=1S/C17H17F2NO/c1-10-8-16(17(20)13-5-3-2-4-12(10)13)21-15-9-11(18)6-7-14(15)19/h2-7,9-10,16-17H,8,20H2,1H3. The lowest BCUT2D eigenvalue weighted by molar-refractivity contribution is 0.137. The van der Waals surface area contributed by atoms with Crippen LogP contribution >= 0.6 is 0 Å². The van der Waals surface area contributed by atoms with Gasteiger partial charge in [-0.25, -0.2) is 8.78 Å². The van der Waals surface area contributed by atoms with Gasteiger partial charge in [-0.2, -0.15) is 0 Å². The van der Waals surface area contributed by atoms with Crippen molar-refractivity contribution in [1.29, 1.82) is 0 Å². The maximum atomic E-state index is 13.7. The second kappa shape index (κ2) is 5.45. The van der Waals surface area contributed by atoms with Gasteiger partial charge in [0.25, 0.3) is 0 Å². The molecule has 0 saturated carbocycles. The van der Waals surface area contributed by atoms with Crippen molar-refractivity contribution < 1.29 is 13.5 Å². The number of ether oxygens (including phenoxy) is 1. The lowest BCUT2D eigenvalue weighted by atomic mass is 9.79. The van der Waals surface area contributed by atoms with Crippen molar-refractivity contribution in [2.24, 2.45) is 5.73 Å². The summed E-state index contributed by atoms with van der Waals surface area (Å²) in [7, 11) is 0. The molecule has 0 fully saturated rings. The molecule has 0 heterocycles. The molecule has 0 amide bonds. The van der Waals surface area contributed by atoms with Gasteiger partial charge in [0.15, 0.2) is 11.6 Å². The Morgan fingerprint density at radius 3 is 2.57 bits per heavy atom. The van der Waals surface area contributed by atoms with Gasteiger partial charge in [0, 0.05) is 6.07 Å². The van der Waals surface area contributed by atoms with E-state index in [-0.39, 0.29) is 23.8 Å². The van der Waals surface area contributed by atoms with Crippen LogP contribution in [0.5, 0.6) is 5.75 Å². The van der Waals surface area contributed by atoms with Crippen LogP contribution in [0.3, 0.4) is 0 Å². The van der Waals surface area contributed by atoms with Crippen LogP contribution in [0.15, 0.2) is 42.5 Å². The van der Waals surface area contributed by atoms with Crippen molar-refractivity contribution in [1.82, 2.24) is 0 Å². The Kier molecular flexibility index (Phi) is 3.64. The average Bonchev–Trinajstić information content (AvgIpc) is 2.48. The third-order valence-corrected chi connectivity index (χ3v) is 4.04. The molecular formula is C17H17F2NO. The summed E-state index contributed by atoms with van der Waals surface area (Å²) >= 11 is 0. The van der Waals surface area contributed by atoms with Crippen LogP contribution in [0.25, 0.3) is 0 Å². The van der Waals surface area contributed by atoms with E-state index in [2.05, 4.69) is 13.0 Å². The second-order valence-corrected chi connectivity index (χ2v) is 5.52. The highest BCUT2D eigenvalue weighted by Crippen LogP contribution is 2.38. The fourth-order valence-electron chi connectivity index (χ4n) is 2.94. The molecular weight excluding hydrogens is 272 g/mol. The van der Waals surface area contributed by atoms with E-state index in [0.717, 1.165) is 23.8 Å². The summed E-state index contributed by atoms with van der Waals surface area (Å²) in [4.78, 5) is 0. The van der Waals surface area contributed by atoms with Gasteiger partial charge in [0.2, 0.25) is 0 Å². The van der Waals surface area contributed by atoms with E-state index in [0.29, 0.717) is 6.42 Å². The van der Waals surface area contributed by atoms with Crippen LogP contribution in [-0.2, 0) is 0 Å². The van der Waals surface area contributed by atoms with E-state index >= 15 is 0 Å². The molecule has 0 spiro atoms. The van der Waals surface area contributed by atoms with Crippen molar-refractivity contribution in [3.63, 3.8) is 0 Å². The molecule has 0 aliphatic heterocycles. The van der Waals surface area contributed by atoms with Gasteiger partial charge in [-0.1, -0.05) is 31.2 Å². The van der Waals surface area contributed by atoms with E-state index in [1.54, 1.807) is 0 Å². The second-order valence-electron chi connectivity index (χ2n) is 5.52. The number of fused-ring (bicyclic) bond motifs is 1. The average molecular weight is 289 g/mol. The molecule has 4 heteroatoms. The Morgan fingerprint density at radius 2 is 1.81 bits per heavy atom.